The van der Waals surface area contributed by atoms with Gasteiger partial charge in [0.15, 0.2) is 0 Å². The summed E-state index contributed by atoms with van der Waals surface area (Å²) in [6.45, 7) is 2.91. The highest BCUT2D eigenvalue weighted by Crippen LogP contribution is 2.16. The Hall–Kier alpha value is -0.680. The molecule has 1 saturated heterocycles. The lowest BCUT2D eigenvalue weighted by molar-refractivity contribution is 0.0231. The fraction of sp³-hybridized carbons (Fsp3) is 0.600. The number of halogens is 1. The normalized spacial score (nSPS) is 26.3. The van der Waals surface area contributed by atoms with Crippen molar-refractivity contribution < 1.29 is 4.74 Å². The number of anilines is 1. The molecule has 0 radical (unpaired) electrons. The van der Waals surface area contributed by atoms with Crippen molar-refractivity contribution in [1.29, 1.82) is 0 Å². The van der Waals surface area contributed by atoms with Crippen molar-refractivity contribution in [2.45, 2.75) is 31.9 Å². The lowest BCUT2D eigenvalue weighted by Gasteiger charge is -2.27. The summed E-state index contributed by atoms with van der Waals surface area (Å²) in [5.41, 5.74) is 0. The molecule has 82 valence electrons. The van der Waals surface area contributed by atoms with Crippen molar-refractivity contribution in [3.63, 3.8) is 0 Å². The maximum Gasteiger partial charge on any atom is 0.222 e. The van der Waals surface area contributed by atoms with E-state index in [4.69, 9.17) is 4.74 Å². The average Bonchev–Trinajstić information content (AvgIpc) is 2.22. The molecule has 2 heterocycles. The molecule has 1 aromatic rings. The van der Waals surface area contributed by atoms with Crippen molar-refractivity contribution in [2.24, 2.45) is 0 Å². The lowest BCUT2D eigenvalue weighted by Crippen LogP contribution is -2.33. The molecule has 2 atom stereocenters. The van der Waals surface area contributed by atoms with Crippen LogP contribution in [-0.4, -0.2) is 28.7 Å². The number of hydrogen-bond donors (Lipinski definition) is 1. The second-order valence-electron chi connectivity index (χ2n) is 3.77. The van der Waals surface area contributed by atoms with Crippen LogP contribution in [0.3, 0.4) is 0 Å². The number of aromatic nitrogens is 2. The van der Waals surface area contributed by atoms with Crippen molar-refractivity contribution >= 4 is 21.9 Å². The van der Waals surface area contributed by atoms with Gasteiger partial charge in [-0.3, -0.25) is 0 Å². The summed E-state index contributed by atoms with van der Waals surface area (Å²) in [5, 5.41) is 3.32. The molecule has 1 fully saturated rings. The van der Waals surface area contributed by atoms with E-state index in [-0.39, 0.29) is 0 Å². The van der Waals surface area contributed by atoms with E-state index in [2.05, 4.69) is 38.1 Å². The van der Waals surface area contributed by atoms with Gasteiger partial charge < -0.3 is 10.1 Å². The Morgan fingerprint density at radius 1 is 1.47 bits per heavy atom. The average molecular weight is 272 g/mol. The summed E-state index contributed by atoms with van der Waals surface area (Å²) in [5.74, 6) is 0.692. The quantitative estimate of drug-likeness (QED) is 0.896. The van der Waals surface area contributed by atoms with Crippen LogP contribution in [0.4, 0.5) is 5.95 Å². The zero-order valence-electron chi connectivity index (χ0n) is 8.61. The minimum absolute atomic E-state index is 0.326. The van der Waals surface area contributed by atoms with Gasteiger partial charge in [0.05, 0.1) is 10.6 Å². The van der Waals surface area contributed by atoms with Crippen LogP contribution in [0.15, 0.2) is 16.9 Å². The van der Waals surface area contributed by atoms with Gasteiger partial charge in [-0.15, -0.1) is 0 Å². The molecule has 1 aliphatic rings. The molecule has 0 aromatic carbocycles. The maximum absolute atomic E-state index is 5.48. The van der Waals surface area contributed by atoms with Gasteiger partial charge in [-0.2, -0.15) is 0 Å². The Bertz CT molecular complexity index is 317. The molecule has 1 aliphatic heterocycles. The zero-order chi connectivity index (χ0) is 10.7. The highest BCUT2D eigenvalue weighted by molar-refractivity contribution is 9.10. The van der Waals surface area contributed by atoms with E-state index in [1.165, 1.54) is 0 Å². The molecule has 1 N–H and O–H groups in total. The van der Waals surface area contributed by atoms with Crippen LogP contribution in [0.5, 0.6) is 0 Å². The van der Waals surface area contributed by atoms with Gasteiger partial charge in [0.2, 0.25) is 5.95 Å². The molecule has 2 unspecified atom stereocenters. The first-order chi connectivity index (χ1) is 7.24. The molecule has 4 nitrogen and oxygen atoms in total. The minimum atomic E-state index is 0.326. The molecule has 5 heteroatoms. The largest absolute Gasteiger partial charge is 0.378 e. The third kappa shape index (κ3) is 3.14. The van der Waals surface area contributed by atoms with E-state index in [1.807, 2.05) is 0 Å². The maximum atomic E-state index is 5.48. The summed E-state index contributed by atoms with van der Waals surface area (Å²) < 4.78 is 6.37. The summed E-state index contributed by atoms with van der Waals surface area (Å²) in [4.78, 5) is 8.37. The molecule has 2 rings (SSSR count). The Labute approximate surface area is 97.6 Å². The summed E-state index contributed by atoms with van der Waals surface area (Å²) in [6.07, 6.45) is 5.85. The molecule has 0 amide bonds. The molecule has 0 spiro atoms. The Morgan fingerprint density at radius 3 is 2.87 bits per heavy atom. The second kappa shape index (κ2) is 4.90. The summed E-state index contributed by atoms with van der Waals surface area (Å²) in [6, 6.07) is 0.426. The van der Waals surface area contributed by atoms with Crippen molar-refractivity contribution in [2.75, 3.05) is 11.9 Å². The van der Waals surface area contributed by atoms with Gasteiger partial charge in [0.1, 0.15) is 0 Å². The first-order valence-corrected chi connectivity index (χ1v) is 5.89. The molecular weight excluding hydrogens is 258 g/mol. The number of nitrogens with zero attached hydrogens (tertiary/aromatic N) is 2. The molecule has 0 bridgehead atoms. The van der Waals surface area contributed by atoms with E-state index in [9.17, 15) is 0 Å². The predicted molar refractivity (Wildman–Crippen MR) is 61.8 cm³/mol. The van der Waals surface area contributed by atoms with Gasteiger partial charge >= 0.3 is 0 Å². The first-order valence-electron chi connectivity index (χ1n) is 5.10. The Kier molecular flexibility index (Phi) is 3.53. The van der Waals surface area contributed by atoms with Crippen LogP contribution in [0.2, 0.25) is 0 Å². The molecule has 0 saturated carbocycles. The fourth-order valence-electron chi connectivity index (χ4n) is 1.70. The van der Waals surface area contributed by atoms with Crippen molar-refractivity contribution in [1.82, 2.24) is 9.97 Å². The number of nitrogens with one attached hydrogen (secondary N) is 1. The van der Waals surface area contributed by atoms with Crippen LogP contribution in [0.1, 0.15) is 19.8 Å². The minimum Gasteiger partial charge on any atom is -0.378 e. The fourth-order valence-corrected chi connectivity index (χ4v) is 1.90. The first kappa shape index (κ1) is 10.8. The van der Waals surface area contributed by atoms with Crippen LogP contribution < -0.4 is 5.32 Å². The smallest absolute Gasteiger partial charge is 0.222 e. The van der Waals surface area contributed by atoms with E-state index in [0.717, 1.165) is 23.9 Å². The van der Waals surface area contributed by atoms with E-state index in [1.54, 1.807) is 12.4 Å². The topological polar surface area (TPSA) is 47.0 Å². The number of ether oxygens (including phenoxy) is 1. The van der Waals surface area contributed by atoms with Gasteiger partial charge in [-0.1, -0.05) is 0 Å². The van der Waals surface area contributed by atoms with Crippen LogP contribution >= 0.6 is 15.9 Å². The molecule has 0 aliphatic carbocycles. The predicted octanol–water partition coefficient (Wildman–Crippen LogP) is 2.22. The monoisotopic (exact) mass is 271 g/mol. The molecular formula is C10H14BrN3O. The standard InChI is InChI=1S/C10H14BrN3O/c1-7-4-9(2-3-15-7)14-10-12-5-8(11)6-13-10/h5-7,9H,2-4H2,1H3,(H,12,13,14). The van der Waals surface area contributed by atoms with Crippen molar-refractivity contribution in [3.05, 3.63) is 16.9 Å². The third-order valence-corrected chi connectivity index (χ3v) is 2.85. The van der Waals surface area contributed by atoms with Crippen LogP contribution in [0, 0.1) is 0 Å². The van der Waals surface area contributed by atoms with Crippen LogP contribution in [0.25, 0.3) is 0 Å². The van der Waals surface area contributed by atoms with Crippen molar-refractivity contribution in [3.8, 4) is 0 Å². The highest BCUT2D eigenvalue weighted by atomic mass is 79.9. The highest BCUT2D eigenvalue weighted by Gasteiger charge is 2.19. The zero-order valence-corrected chi connectivity index (χ0v) is 10.2. The Balaban J connectivity index is 1.93. The number of hydrogen-bond acceptors (Lipinski definition) is 4. The van der Waals surface area contributed by atoms with Gasteiger partial charge in [0.25, 0.3) is 0 Å². The number of rotatable bonds is 2. The van der Waals surface area contributed by atoms with E-state index in [0.29, 0.717) is 18.1 Å². The van der Waals surface area contributed by atoms with Gasteiger partial charge in [-0.25, -0.2) is 9.97 Å². The summed E-state index contributed by atoms with van der Waals surface area (Å²) >= 11 is 3.31. The SMILES string of the molecule is CC1CC(Nc2ncc(Br)cn2)CCO1. The van der Waals surface area contributed by atoms with Crippen LogP contribution in [-0.2, 0) is 4.74 Å². The van der Waals surface area contributed by atoms with Gasteiger partial charge in [-0.05, 0) is 35.7 Å². The van der Waals surface area contributed by atoms with E-state index >= 15 is 0 Å². The van der Waals surface area contributed by atoms with E-state index < -0.39 is 0 Å². The lowest BCUT2D eigenvalue weighted by atomic mass is 10.0. The van der Waals surface area contributed by atoms with Gasteiger partial charge in [0, 0.05) is 25.0 Å². The Morgan fingerprint density at radius 2 is 2.20 bits per heavy atom. The molecule has 1 aromatic heterocycles. The summed E-state index contributed by atoms with van der Waals surface area (Å²) in [7, 11) is 0. The third-order valence-electron chi connectivity index (χ3n) is 2.44. The molecule has 15 heavy (non-hydrogen) atoms. The second-order valence-corrected chi connectivity index (χ2v) is 4.69.